The smallest absolute Gasteiger partial charge is 0.335 e. The Morgan fingerprint density at radius 1 is 1.15 bits per heavy atom. The number of benzene rings is 2. The van der Waals surface area contributed by atoms with Crippen molar-refractivity contribution < 1.29 is 9.90 Å². The Hall–Kier alpha value is -2.92. The molecule has 1 aliphatic heterocycles. The number of aromatic nitrogens is 2. The average Bonchev–Trinajstić information content (AvgIpc) is 3.34. The second-order valence-electron chi connectivity index (χ2n) is 6.73. The van der Waals surface area contributed by atoms with Gasteiger partial charge in [0.05, 0.1) is 11.3 Å². The van der Waals surface area contributed by atoms with Gasteiger partial charge in [-0.25, -0.2) is 9.48 Å². The molecule has 0 unspecified atom stereocenters. The van der Waals surface area contributed by atoms with Gasteiger partial charge in [-0.05, 0) is 54.3 Å². The van der Waals surface area contributed by atoms with Gasteiger partial charge in [0.1, 0.15) is 0 Å². The van der Waals surface area contributed by atoms with Crippen LogP contribution in [0.15, 0.2) is 67.0 Å². The molecule has 0 radical (unpaired) electrons. The van der Waals surface area contributed by atoms with Gasteiger partial charge in [0.25, 0.3) is 0 Å². The van der Waals surface area contributed by atoms with E-state index in [-0.39, 0.29) is 5.92 Å². The summed E-state index contributed by atoms with van der Waals surface area (Å²) in [6.07, 6.45) is 4.70. The monoisotopic (exact) mass is 347 g/mol. The molecule has 0 amide bonds. The van der Waals surface area contributed by atoms with Crippen LogP contribution in [0.4, 0.5) is 0 Å². The Labute approximate surface area is 152 Å². The highest BCUT2D eigenvalue weighted by Gasteiger charge is 2.26. The predicted molar refractivity (Wildman–Crippen MR) is 99.6 cm³/mol. The van der Waals surface area contributed by atoms with E-state index in [1.54, 1.807) is 18.3 Å². The van der Waals surface area contributed by atoms with E-state index in [9.17, 15) is 9.90 Å². The summed E-state index contributed by atoms with van der Waals surface area (Å²) < 4.78 is 1.86. The molecule has 1 aliphatic rings. The van der Waals surface area contributed by atoms with Crippen LogP contribution < -0.4 is 0 Å². The Bertz CT molecular complexity index is 905. The van der Waals surface area contributed by atoms with Gasteiger partial charge in [-0.2, -0.15) is 5.10 Å². The van der Waals surface area contributed by atoms with Crippen LogP contribution in [-0.4, -0.2) is 38.8 Å². The first-order chi connectivity index (χ1) is 12.7. The zero-order valence-corrected chi connectivity index (χ0v) is 14.5. The molecule has 2 aromatic carbocycles. The lowest BCUT2D eigenvalue weighted by molar-refractivity contribution is 0.0695. The van der Waals surface area contributed by atoms with Crippen LogP contribution >= 0.6 is 0 Å². The maximum Gasteiger partial charge on any atom is 0.335 e. The predicted octanol–water partition coefficient (Wildman–Crippen LogP) is 3.56. The molecule has 1 saturated heterocycles. The van der Waals surface area contributed by atoms with Crippen LogP contribution in [0.2, 0.25) is 0 Å². The number of carboxylic acid groups (broad SMARTS) is 1. The van der Waals surface area contributed by atoms with Crippen molar-refractivity contribution in [3.05, 3.63) is 83.7 Å². The number of aromatic carboxylic acids is 1. The maximum absolute atomic E-state index is 11.5. The molecular formula is C21H21N3O2. The van der Waals surface area contributed by atoms with Crippen LogP contribution in [-0.2, 0) is 6.54 Å². The highest BCUT2D eigenvalue weighted by atomic mass is 16.4. The van der Waals surface area contributed by atoms with Crippen LogP contribution in [0.25, 0.3) is 5.69 Å². The SMILES string of the molecule is O=C(O)c1ccccc1[C@@H]1CCN(Cc2cccc(-n3cccn3)c2)C1. The molecule has 132 valence electrons. The number of carboxylic acids is 1. The minimum atomic E-state index is -0.842. The number of likely N-dealkylation sites (tertiary alicyclic amines) is 1. The van der Waals surface area contributed by atoms with Crippen molar-refractivity contribution in [2.45, 2.75) is 18.9 Å². The maximum atomic E-state index is 11.5. The summed E-state index contributed by atoms with van der Waals surface area (Å²) in [5.41, 5.74) is 3.68. The average molecular weight is 347 g/mol. The second kappa shape index (κ2) is 7.14. The quantitative estimate of drug-likeness (QED) is 0.767. The summed E-state index contributed by atoms with van der Waals surface area (Å²) in [5, 5.41) is 13.7. The van der Waals surface area contributed by atoms with E-state index in [4.69, 9.17) is 0 Å². The molecule has 26 heavy (non-hydrogen) atoms. The van der Waals surface area contributed by atoms with Gasteiger partial charge < -0.3 is 5.11 Å². The summed E-state index contributed by atoms with van der Waals surface area (Å²) in [5.74, 6) is -0.567. The third-order valence-corrected chi connectivity index (χ3v) is 4.99. The molecule has 1 fully saturated rings. The molecule has 1 atom stereocenters. The van der Waals surface area contributed by atoms with E-state index in [1.165, 1.54) is 5.56 Å². The van der Waals surface area contributed by atoms with Crippen molar-refractivity contribution in [2.24, 2.45) is 0 Å². The number of hydrogen-bond acceptors (Lipinski definition) is 3. The van der Waals surface area contributed by atoms with Crippen molar-refractivity contribution in [3.63, 3.8) is 0 Å². The largest absolute Gasteiger partial charge is 0.478 e. The van der Waals surface area contributed by atoms with E-state index in [2.05, 4.69) is 28.2 Å². The molecule has 0 spiro atoms. The Morgan fingerprint density at radius 3 is 2.85 bits per heavy atom. The van der Waals surface area contributed by atoms with E-state index in [0.29, 0.717) is 5.56 Å². The molecule has 0 bridgehead atoms. The van der Waals surface area contributed by atoms with Gasteiger partial charge in [-0.15, -0.1) is 0 Å². The molecule has 2 heterocycles. The van der Waals surface area contributed by atoms with Gasteiger partial charge in [0, 0.05) is 25.5 Å². The fourth-order valence-corrected chi connectivity index (χ4v) is 3.75. The van der Waals surface area contributed by atoms with Crippen LogP contribution in [0, 0.1) is 0 Å². The summed E-state index contributed by atoms with van der Waals surface area (Å²) >= 11 is 0. The van der Waals surface area contributed by atoms with Crippen molar-refractivity contribution in [1.82, 2.24) is 14.7 Å². The summed E-state index contributed by atoms with van der Waals surface area (Å²) in [6, 6.07) is 17.7. The van der Waals surface area contributed by atoms with Gasteiger partial charge in [-0.3, -0.25) is 4.90 Å². The molecule has 1 aromatic heterocycles. The number of hydrogen-bond donors (Lipinski definition) is 1. The van der Waals surface area contributed by atoms with E-state index in [0.717, 1.165) is 37.3 Å². The minimum Gasteiger partial charge on any atom is -0.478 e. The normalized spacial score (nSPS) is 17.5. The number of nitrogens with zero attached hydrogens (tertiary/aromatic N) is 3. The lowest BCUT2D eigenvalue weighted by Crippen LogP contribution is -2.20. The van der Waals surface area contributed by atoms with Gasteiger partial charge >= 0.3 is 5.97 Å². The Balaban J connectivity index is 1.47. The first kappa shape index (κ1) is 16.5. The van der Waals surface area contributed by atoms with E-state index >= 15 is 0 Å². The third kappa shape index (κ3) is 3.39. The van der Waals surface area contributed by atoms with Crippen LogP contribution in [0.3, 0.4) is 0 Å². The third-order valence-electron chi connectivity index (χ3n) is 4.99. The van der Waals surface area contributed by atoms with E-state index in [1.807, 2.05) is 35.1 Å². The van der Waals surface area contributed by atoms with Gasteiger partial charge in [-0.1, -0.05) is 30.3 Å². The van der Waals surface area contributed by atoms with Crippen molar-refractivity contribution in [2.75, 3.05) is 13.1 Å². The zero-order chi connectivity index (χ0) is 17.9. The molecule has 5 nitrogen and oxygen atoms in total. The minimum absolute atomic E-state index is 0.275. The Morgan fingerprint density at radius 2 is 2.04 bits per heavy atom. The first-order valence-electron chi connectivity index (χ1n) is 8.84. The highest BCUT2D eigenvalue weighted by molar-refractivity contribution is 5.89. The van der Waals surface area contributed by atoms with Gasteiger partial charge in [0.2, 0.25) is 0 Å². The molecule has 4 rings (SSSR count). The summed E-state index contributed by atoms with van der Waals surface area (Å²) in [6.45, 7) is 2.72. The fourth-order valence-electron chi connectivity index (χ4n) is 3.75. The van der Waals surface area contributed by atoms with Crippen molar-refractivity contribution in [1.29, 1.82) is 0 Å². The molecule has 0 aliphatic carbocycles. The van der Waals surface area contributed by atoms with Crippen LogP contribution in [0.1, 0.15) is 33.8 Å². The van der Waals surface area contributed by atoms with E-state index < -0.39 is 5.97 Å². The number of carbonyl (C=O) groups is 1. The second-order valence-corrected chi connectivity index (χ2v) is 6.73. The molecule has 3 aromatic rings. The molecule has 1 N–H and O–H groups in total. The lowest BCUT2D eigenvalue weighted by atomic mass is 9.93. The molecule has 0 saturated carbocycles. The Kier molecular flexibility index (Phi) is 4.54. The summed E-state index contributed by atoms with van der Waals surface area (Å²) in [7, 11) is 0. The van der Waals surface area contributed by atoms with Crippen LogP contribution in [0.5, 0.6) is 0 Å². The highest BCUT2D eigenvalue weighted by Crippen LogP contribution is 2.30. The zero-order valence-electron chi connectivity index (χ0n) is 14.5. The fraction of sp³-hybridized carbons (Fsp3) is 0.238. The van der Waals surface area contributed by atoms with Crippen molar-refractivity contribution in [3.8, 4) is 5.69 Å². The number of rotatable bonds is 5. The topological polar surface area (TPSA) is 58.4 Å². The summed E-state index contributed by atoms with van der Waals surface area (Å²) in [4.78, 5) is 13.9. The van der Waals surface area contributed by atoms with Crippen molar-refractivity contribution >= 4 is 5.97 Å². The standard InChI is InChI=1S/C21H21N3O2/c25-21(26)20-8-2-1-7-19(20)17-9-12-23(15-17)14-16-5-3-6-18(13-16)24-11-4-10-22-24/h1-8,10-11,13,17H,9,12,14-15H2,(H,25,26)/t17-/m1/s1. The molecular weight excluding hydrogens is 326 g/mol. The lowest BCUT2D eigenvalue weighted by Gasteiger charge is -2.17. The first-order valence-corrected chi connectivity index (χ1v) is 8.84. The van der Waals surface area contributed by atoms with Gasteiger partial charge in [0.15, 0.2) is 0 Å². The molecule has 5 heteroatoms.